The molecule has 0 saturated carbocycles. The van der Waals surface area contributed by atoms with E-state index in [0.717, 1.165) is 34.4 Å². The Morgan fingerprint density at radius 2 is 1.97 bits per heavy atom. The van der Waals surface area contributed by atoms with Gasteiger partial charge in [-0.15, -0.1) is 11.3 Å². The van der Waals surface area contributed by atoms with E-state index in [1.165, 1.54) is 5.57 Å². The van der Waals surface area contributed by atoms with E-state index in [-0.39, 0.29) is 10.1 Å². The Morgan fingerprint density at radius 1 is 1.12 bits per heavy atom. The maximum Gasteiger partial charge on any atom is 0.271 e. The number of nitrogens with one attached hydrogen (secondary N) is 2. The number of sulfonamides is 1. The van der Waals surface area contributed by atoms with E-state index in [9.17, 15) is 13.2 Å². The molecule has 9 heteroatoms. The average molecular weight is 465 g/mol. The van der Waals surface area contributed by atoms with Crippen LogP contribution in [0, 0.1) is 0 Å². The fourth-order valence-electron chi connectivity index (χ4n) is 3.81. The SMILES string of the molecule is O=C(c1ccc(NS(=O)(=O)c2cccs2)cc1)N1CC=C(c2c[nH]c3ncccc23)CC1. The van der Waals surface area contributed by atoms with Crippen LogP contribution < -0.4 is 4.72 Å². The molecule has 4 aromatic rings. The van der Waals surface area contributed by atoms with E-state index < -0.39 is 10.0 Å². The summed E-state index contributed by atoms with van der Waals surface area (Å²) < 4.78 is 27.5. The summed E-state index contributed by atoms with van der Waals surface area (Å²) in [6, 6.07) is 13.7. The Balaban J connectivity index is 1.27. The summed E-state index contributed by atoms with van der Waals surface area (Å²) in [6.07, 6.45) is 6.57. The number of benzene rings is 1. The smallest absolute Gasteiger partial charge is 0.271 e. The third kappa shape index (κ3) is 3.92. The average Bonchev–Trinajstić information content (AvgIpc) is 3.50. The van der Waals surface area contributed by atoms with Crippen molar-refractivity contribution in [1.82, 2.24) is 14.9 Å². The molecule has 1 amide bonds. The number of amides is 1. The van der Waals surface area contributed by atoms with E-state index in [1.54, 1.807) is 52.9 Å². The summed E-state index contributed by atoms with van der Waals surface area (Å²) in [6.45, 7) is 1.14. The molecule has 0 spiro atoms. The lowest BCUT2D eigenvalue weighted by molar-refractivity contribution is 0.0773. The molecule has 5 rings (SSSR count). The minimum Gasteiger partial charge on any atom is -0.346 e. The number of aromatic nitrogens is 2. The topological polar surface area (TPSA) is 95.2 Å². The van der Waals surface area contributed by atoms with Gasteiger partial charge in [0.2, 0.25) is 0 Å². The van der Waals surface area contributed by atoms with Crippen LogP contribution in [0.5, 0.6) is 0 Å². The fraction of sp³-hybridized carbons (Fsp3) is 0.130. The van der Waals surface area contributed by atoms with Gasteiger partial charge in [0.15, 0.2) is 0 Å². The van der Waals surface area contributed by atoms with Gasteiger partial charge in [-0.05, 0) is 59.8 Å². The zero-order chi connectivity index (χ0) is 22.1. The third-order valence-corrected chi connectivity index (χ3v) is 8.22. The van der Waals surface area contributed by atoms with Crippen molar-refractivity contribution in [3.05, 3.63) is 83.5 Å². The predicted octanol–water partition coefficient (Wildman–Crippen LogP) is 4.35. The van der Waals surface area contributed by atoms with Crippen LogP contribution >= 0.6 is 11.3 Å². The van der Waals surface area contributed by atoms with E-state index in [0.29, 0.717) is 24.3 Å². The van der Waals surface area contributed by atoms with Crippen molar-refractivity contribution in [2.45, 2.75) is 10.6 Å². The van der Waals surface area contributed by atoms with Crippen LogP contribution in [0.25, 0.3) is 16.6 Å². The zero-order valence-corrected chi connectivity index (χ0v) is 18.6. The molecule has 0 radical (unpaired) electrons. The van der Waals surface area contributed by atoms with Gasteiger partial charge in [0.05, 0.1) is 0 Å². The molecule has 1 aromatic carbocycles. The molecule has 0 atom stereocenters. The number of pyridine rings is 1. The van der Waals surface area contributed by atoms with Gasteiger partial charge in [0.25, 0.3) is 15.9 Å². The zero-order valence-electron chi connectivity index (χ0n) is 17.0. The Hall–Kier alpha value is -3.43. The van der Waals surface area contributed by atoms with Crippen LogP contribution in [0.3, 0.4) is 0 Å². The monoisotopic (exact) mass is 464 g/mol. The van der Waals surface area contributed by atoms with Gasteiger partial charge in [0.1, 0.15) is 9.86 Å². The van der Waals surface area contributed by atoms with Crippen molar-refractivity contribution in [2.75, 3.05) is 17.8 Å². The highest BCUT2D eigenvalue weighted by Crippen LogP contribution is 2.29. The molecule has 1 aliphatic heterocycles. The molecule has 4 heterocycles. The first kappa shape index (κ1) is 20.5. The normalized spacial score (nSPS) is 14.4. The Labute approximate surface area is 189 Å². The summed E-state index contributed by atoms with van der Waals surface area (Å²) >= 11 is 1.15. The Kier molecular flexibility index (Phi) is 5.28. The molecule has 3 aromatic heterocycles. The molecule has 32 heavy (non-hydrogen) atoms. The van der Waals surface area contributed by atoms with Gasteiger partial charge >= 0.3 is 0 Å². The van der Waals surface area contributed by atoms with Crippen LogP contribution in [0.15, 0.2) is 76.6 Å². The van der Waals surface area contributed by atoms with Crippen LogP contribution in [0.4, 0.5) is 5.69 Å². The highest BCUT2D eigenvalue weighted by atomic mass is 32.2. The number of thiophene rings is 1. The molecule has 0 aliphatic carbocycles. The first-order chi connectivity index (χ1) is 15.5. The highest BCUT2D eigenvalue weighted by Gasteiger charge is 2.21. The second-order valence-electron chi connectivity index (χ2n) is 7.45. The first-order valence-corrected chi connectivity index (χ1v) is 12.4. The molecule has 0 fully saturated rings. The lowest BCUT2D eigenvalue weighted by Gasteiger charge is -2.26. The molecular formula is C23H20N4O3S2. The van der Waals surface area contributed by atoms with Gasteiger partial charge in [-0.3, -0.25) is 9.52 Å². The number of carbonyl (C=O) groups is 1. The van der Waals surface area contributed by atoms with Crippen LogP contribution in [-0.2, 0) is 10.0 Å². The number of hydrogen-bond acceptors (Lipinski definition) is 5. The summed E-state index contributed by atoms with van der Waals surface area (Å²) in [5, 5.41) is 2.80. The number of aromatic amines is 1. The molecule has 1 aliphatic rings. The minimum absolute atomic E-state index is 0.0754. The minimum atomic E-state index is -3.61. The van der Waals surface area contributed by atoms with Crippen molar-refractivity contribution in [3.8, 4) is 0 Å². The standard InChI is InChI=1S/C23H20N4O3S2/c28-23(17-5-7-18(8-6-17)26-32(29,30)21-4-2-14-31-21)27-12-9-16(10-13-27)20-15-25-22-19(20)3-1-11-24-22/h1-9,11,14-15,26H,10,12-13H2,(H,24,25). The number of hydrogen-bond donors (Lipinski definition) is 2. The predicted molar refractivity (Wildman–Crippen MR) is 126 cm³/mol. The van der Waals surface area contributed by atoms with Crippen molar-refractivity contribution in [3.63, 3.8) is 0 Å². The van der Waals surface area contributed by atoms with Crippen molar-refractivity contribution in [1.29, 1.82) is 0 Å². The van der Waals surface area contributed by atoms with Gasteiger partial charge in [0, 0.05) is 47.7 Å². The lowest BCUT2D eigenvalue weighted by Crippen LogP contribution is -2.34. The maximum absolute atomic E-state index is 12.9. The summed E-state index contributed by atoms with van der Waals surface area (Å²) in [7, 11) is -3.61. The molecule has 2 N–H and O–H groups in total. The van der Waals surface area contributed by atoms with Crippen LogP contribution in [-0.4, -0.2) is 42.3 Å². The molecule has 0 saturated heterocycles. The van der Waals surface area contributed by atoms with E-state index >= 15 is 0 Å². The van der Waals surface area contributed by atoms with Gasteiger partial charge in [-0.2, -0.15) is 0 Å². The second kappa shape index (κ2) is 8.25. The van der Waals surface area contributed by atoms with Crippen LogP contribution in [0.2, 0.25) is 0 Å². The van der Waals surface area contributed by atoms with Crippen LogP contribution in [0.1, 0.15) is 22.3 Å². The van der Waals surface area contributed by atoms with Crippen molar-refractivity contribution >= 4 is 49.6 Å². The fourth-order valence-corrected chi connectivity index (χ4v) is 5.86. The number of rotatable bonds is 5. The molecular weight excluding hydrogens is 444 g/mol. The van der Waals surface area contributed by atoms with Crippen molar-refractivity contribution < 1.29 is 13.2 Å². The lowest BCUT2D eigenvalue weighted by atomic mass is 9.99. The molecule has 7 nitrogen and oxygen atoms in total. The Morgan fingerprint density at radius 3 is 2.69 bits per heavy atom. The second-order valence-corrected chi connectivity index (χ2v) is 10.3. The largest absolute Gasteiger partial charge is 0.346 e. The van der Waals surface area contributed by atoms with Gasteiger partial charge in [-0.25, -0.2) is 13.4 Å². The number of H-pyrrole nitrogens is 1. The Bertz CT molecular complexity index is 1410. The van der Waals surface area contributed by atoms with Crippen molar-refractivity contribution in [2.24, 2.45) is 0 Å². The summed E-state index contributed by atoms with van der Waals surface area (Å²) in [5.41, 5.74) is 4.13. The number of anilines is 1. The van der Waals surface area contributed by atoms with E-state index in [4.69, 9.17) is 0 Å². The van der Waals surface area contributed by atoms with E-state index in [1.807, 2.05) is 18.3 Å². The molecule has 0 unspecified atom stereocenters. The number of carbonyl (C=O) groups excluding carboxylic acids is 1. The van der Waals surface area contributed by atoms with E-state index in [2.05, 4.69) is 20.8 Å². The first-order valence-electron chi connectivity index (χ1n) is 10.1. The highest BCUT2D eigenvalue weighted by molar-refractivity contribution is 7.94. The summed E-state index contributed by atoms with van der Waals surface area (Å²) in [5.74, 6) is -0.0754. The molecule has 0 bridgehead atoms. The summed E-state index contributed by atoms with van der Waals surface area (Å²) in [4.78, 5) is 22.3. The molecule has 162 valence electrons. The maximum atomic E-state index is 12.9. The van der Waals surface area contributed by atoms with Gasteiger partial charge < -0.3 is 9.88 Å². The number of fused-ring (bicyclic) bond motifs is 1. The quantitative estimate of drug-likeness (QED) is 0.459. The number of nitrogens with zero attached hydrogens (tertiary/aromatic N) is 2. The third-order valence-electron chi connectivity index (χ3n) is 5.44. The van der Waals surface area contributed by atoms with Gasteiger partial charge in [-0.1, -0.05) is 12.1 Å².